The number of imide groups is 1. The van der Waals surface area contributed by atoms with Crippen LogP contribution >= 0.6 is 0 Å². The molecule has 1 atom stereocenters. The van der Waals surface area contributed by atoms with Gasteiger partial charge in [0.1, 0.15) is 0 Å². The van der Waals surface area contributed by atoms with Gasteiger partial charge in [0.15, 0.2) is 5.65 Å². The number of anilines is 2. The molecular weight excluding hydrogens is 484 g/mol. The van der Waals surface area contributed by atoms with Crippen molar-refractivity contribution in [3.8, 4) is 11.8 Å². The second-order valence-corrected chi connectivity index (χ2v) is 9.81. The van der Waals surface area contributed by atoms with Crippen LogP contribution in [0.1, 0.15) is 55.7 Å². The maximum Gasteiger partial charge on any atom is 0.302 e. The van der Waals surface area contributed by atoms with Crippen molar-refractivity contribution in [2.24, 2.45) is 0 Å². The fraction of sp³-hybridized carbons (Fsp3) is 0.444. The van der Waals surface area contributed by atoms with Gasteiger partial charge < -0.3 is 20.7 Å². The van der Waals surface area contributed by atoms with Gasteiger partial charge in [0.05, 0.1) is 12.2 Å². The average molecular weight is 517 g/mol. The standard InChI is InChI=1S/C27H32N8O3/c1-17(2)21-16-30-35-24(21)33-26(31-20-9-12-38-13-10-20)34-27(35)29-15-19-5-3-4-18(14-19)6-7-23(36)32-25(37)22-8-11-28-22/h3-5,14,16-17,20,22,28H,8-13,15H2,1-2H3,(H,32,36,37)(H2,29,31,33,34). The van der Waals surface area contributed by atoms with Crippen LogP contribution in [0, 0.1) is 11.8 Å². The zero-order valence-corrected chi connectivity index (χ0v) is 21.6. The summed E-state index contributed by atoms with van der Waals surface area (Å²) in [5, 5.41) is 16.7. The third-order valence-corrected chi connectivity index (χ3v) is 6.65. The largest absolute Gasteiger partial charge is 0.381 e. The van der Waals surface area contributed by atoms with Crippen molar-refractivity contribution < 1.29 is 14.3 Å². The van der Waals surface area contributed by atoms with E-state index in [1.807, 2.05) is 30.5 Å². The van der Waals surface area contributed by atoms with Crippen LogP contribution in [0.5, 0.6) is 0 Å². The summed E-state index contributed by atoms with van der Waals surface area (Å²) in [6.07, 6.45) is 4.38. The smallest absolute Gasteiger partial charge is 0.302 e. The van der Waals surface area contributed by atoms with Crippen molar-refractivity contribution >= 4 is 29.4 Å². The number of carbonyl (C=O) groups is 2. The van der Waals surface area contributed by atoms with Gasteiger partial charge in [-0.05, 0) is 49.4 Å². The molecule has 4 N–H and O–H groups in total. The molecule has 4 heterocycles. The number of rotatable bonds is 7. The number of fused-ring (bicyclic) bond motifs is 1. The quantitative estimate of drug-likeness (QED) is 0.347. The van der Waals surface area contributed by atoms with Crippen molar-refractivity contribution in [1.29, 1.82) is 0 Å². The van der Waals surface area contributed by atoms with Gasteiger partial charge in [-0.1, -0.05) is 31.9 Å². The molecule has 0 spiro atoms. The highest BCUT2D eigenvalue weighted by Gasteiger charge is 2.25. The van der Waals surface area contributed by atoms with E-state index >= 15 is 0 Å². The monoisotopic (exact) mass is 516 g/mol. The maximum absolute atomic E-state index is 12.0. The van der Waals surface area contributed by atoms with Crippen LogP contribution in [-0.4, -0.2) is 63.2 Å². The highest BCUT2D eigenvalue weighted by Crippen LogP contribution is 2.23. The third-order valence-electron chi connectivity index (χ3n) is 6.65. The Labute approximate surface area is 221 Å². The van der Waals surface area contributed by atoms with Crippen LogP contribution in [-0.2, 0) is 20.9 Å². The van der Waals surface area contributed by atoms with E-state index in [2.05, 4.69) is 52.1 Å². The Morgan fingerprint density at radius 2 is 2.03 bits per heavy atom. The number of nitrogens with one attached hydrogen (secondary N) is 4. The Morgan fingerprint density at radius 3 is 2.76 bits per heavy atom. The van der Waals surface area contributed by atoms with E-state index in [0.29, 0.717) is 24.0 Å². The van der Waals surface area contributed by atoms with Crippen LogP contribution in [0.2, 0.25) is 0 Å². The lowest BCUT2D eigenvalue weighted by molar-refractivity contribution is -0.130. The molecule has 38 heavy (non-hydrogen) atoms. The van der Waals surface area contributed by atoms with Gasteiger partial charge in [-0.15, -0.1) is 0 Å². The number of hydrogen-bond acceptors (Lipinski definition) is 9. The minimum Gasteiger partial charge on any atom is -0.381 e. The van der Waals surface area contributed by atoms with E-state index in [1.54, 1.807) is 4.52 Å². The summed E-state index contributed by atoms with van der Waals surface area (Å²) in [5.41, 5.74) is 3.44. The van der Waals surface area contributed by atoms with Crippen LogP contribution in [0.15, 0.2) is 30.5 Å². The van der Waals surface area contributed by atoms with Crippen LogP contribution in [0.3, 0.4) is 0 Å². The molecule has 0 aliphatic carbocycles. The summed E-state index contributed by atoms with van der Waals surface area (Å²) in [7, 11) is 0. The molecule has 1 unspecified atom stereocenters. The third kappa shape index (κ3) is 6.10. The Bertz CT molecular complexity index is 1380. The molecule has 3 aromatic rings. The summed E-state index contributed by atoms with van der Waals surface area (Å²) in [6.45, 7) is 6.93. The zero-order valence-electron chi connectivity index (χ0n) is 21.6. The van der Waals surface area contributed by atoms with Crippen LogP contribution < -0.4 is 21.3 Å². The molecule has 0 radical (unpaired) electrons. The highest BCUT2D eigenvalue weighted by atomic mass is 16.5. The van der Waals surface area contributed by atoms with E-state index in [9.17, 15) is 9.59 Å². The molecule has 0 saturated carbocycles. The first-order chi connectivity index (χ1) is 18.5. The molecule has 5 rings (SSSR count). The van der Waals surface area contributed by atoms with Gasteiger partial charge >= 0.3 is 5.91 Å². The zero-order chi connectivity index (χ0) is 26.5. The topological polar surface area (TPSA) is 135 Å². The number of aromatic nitrogens is 4. The number of carbonyl (C=O) groups excluding carboxylic acids is 2. The van der Waals surface area contributed by atoms with Gasteiger partial charge in [-0.3, -0.25) is 14.9 Å². The van der Waals surface area contributed by atoms with Crippen molar-refractivity contribution in [3.63, 3.8) is 0 Å². The minimum absolute atomic E-state index is 0.261. The van der Waals surface area contributed by atoms with Gasteiger partial charge in [-0.2, -0.15) is 19.6 Å². The molecule has 2 aliphatic rings. The van der Waals surface area contributed by atoms with Crippen LogP contribution in [0.4, 0.5) is 11.9 Å². The Hall–Kier alpha value is -4.01. The fourth-order valence-electron chi connectivity index (χ4n) is 4.32. The molecule has 198 valence electrons. The van der Waals surface area contributed by atoms with E-state index in [0.717, 1.165) is 55.8 Å². The highest BCUT2D eigenvalue weighted by molar-refractivity contribution is 6.06. The summed E-state index contributed by atoms with van der Waals surface area (Å²) in [6, 6.07) is 7.51. The maximum atomic E-state index is 12.0. The average Bonchev–Trinajstić information content (AvgIpc) is 3.30. The van der Waals surface area contributed by atoms with Gasteiger partial charge in [0, 0.05) is 42.8 Å². The van der Waals surface area contributed by atoms with Crippen molar-refractivity contribution in [2.75, 3.05) is 30.4 Å². The fourth-order valence-corrected chi connectivity index (χ4v) is 4.32. The van der Waals surface area contributed by atoms with E-state index in [1.165, 1.54) is 0 Å². The number of nitrogens with zero attached hydrogens (tertiary/aromatic N) is 4. The first-order valence-corrected chi connectivity index (χ1v) is 13.0. The van der Waals surface area contributed by atoms with Crippen molar-refractivity contribution in [2.45, 2.75) is 57.7 Å². The second kappa shape index (κ2) is 11.6. The van der Waals surface area contributed by atoms with Gasteiger partial charge in [-0.25, -0.2) is 0 Å². The normalized spacial score (nSPS) is 17.4. The number of amides is 2. The molecule has 2 fully saturated rings. The van der Waals surface area contributed by atoms with E-state index in [4.69, 9.17) is 14.7 Å². The number of benzene rings is 1. The Morgan fingerprint density at radius 1 is 1.21 bits per heavy atom. The van der Waals surface area contributed by atoms with Crippen LogP contribution in [0.25, 0.3) is 5.65 Å². The predicted molar refractivity (Wildman–Crippen MR) is 143 cm³/mol. The molecule has 0 bridgehead atoms. The lowest BCUT2D eigenvalue weighted by atomic mass is 10.1. The molecule has 2 aromatic heterocycles. The van der Waals surface area contributed by atoms with Crippen molar-refractivity contribution in [3.05, 3.63) is 47.2 Å². The molecule has 2 amide bonds. The van der Waals surface area contributed by atoms with E-state index in [-0.39, 0.29) is 23.9 Å². The Kier molecular flexibility index (Phi) is 7.81. The molecule has 11 nitrogen and oxygen atoms in total. The van der Waals surface area contributed by atoms with Gasteiger partial charge in [0.25, 0.3) is 0 Å². The Balaban J connectivity index is 1.30. The number of ether oxygens (including phenoxy) is 1. The molecular formula is C27H32N8O3. The lowest BCUT2D eigenvalue weighted by Crippen LogP contribution is -2.54. The summed E-state index contributed by atoms with van der Waals surface area (Å²) < 4.78 is 7.20. The van der Waals surface area contributed by atoms with E-state index < -0.39 is 5.91 Å². The first-order valence-electron chi connectivity index (χ1n) is 13.0. The molecule has 2 aliphatic heterocycles. The summed E-state index contributed by atoms with van der Waals surface area (Å²) in [5.74, 6) is 5.79. The number of hydrogen-bond donors (Lipinski definition) is 4. The SMILES string of the molecule is CC(C)c1cnn2c(NCc3cccc(C#CC(=O)NC(=O)C4CCN4)c3)nc(NC3CCOCC3)nc12. The molecule has 11 heteroatoms. The molecule has 2 saturated heterocycles. The summed E-state index contributed by atoms with van der Waals surface area (Å²) in [4.78, 5) is 33.4. The first kappa shape index (κ1) is 25.6. The van der Waals surface area contributed by atoms with Gasteiger partial charge in [0.2, 0.25) is 17.8 Å². The predicted octanol–water partition coefficient (Wildman–Crippen LogP) is 1.81. The lowest BCUT2D eigenvalue weighted by Gasteiger charge is -2.25. The minimum atomic E-state index is -0.611. The summed E-state index contributed by atoms with van der Waals surface area (Å²) >= 11 is 0. The second-order valence-electron chi connectivity index (χ2n) is 9.81. The molecule has 1 aromatic carbocycles. The van der Waals surface area contributed by atoms with Crippen molar-refractivity contribution in [1.82, 2.24) is 30.2 Å².